The zero-order chi connectivity index (χ0) is 24.0. The van der Waals surface area contributed by atoms with Gasteiger partial charge in [-0.2, -0.15) is 0 Å². The molecule has 0 aromatic heterocycles. The monoisotopic (exact) mass is 470 g/mol. The molecule has 1 saturated carbocycles. The number of aliphatic carboxylic acids is 1. The smallest absolute Gasteiger partial charge is 0.407 e. The number of carboxylic acids is 1. The minimum atomic E-state index is -3.21. The van der Waals surface area contributed by atoms with Crippen molar-refractivity contribution in [2.75, 3.05) is 19.7 Å². The van der Waals surface area contributed by atoms with Crippen LogP contribution in [0.4, 0.5) is 13.6 Å². The Kier molecular flexibility index (Phi) is 5.50. The molecule has 3 aliphatic rings. The van der Waals surface area contributed by atoms with Crippen LogP contribution in [0.3, 0.4) is 0 Å². The number of ether oxygens (including phenoxy) is 1. The van der Waals surface area contributed by atoms with Crippen LogP contribution in [-0.2, 0) is 14.3 Å². The normalized spacial score (nSPS) is 24.3. The maximum atomic E-state index is 13.7. The van der Waals surface area contributed by atoms with E-state index in [2.05, 4.69) is 5.32 Å². The van der Waals surface area contributed by atoms with Gasteiger partial charge in [0.15, 0.2) is 0 Å². The Labute approximate surface area is 194 Å². The summed E-state index contributed by atoms with van der Waals surface area (Å²) in [5.74, 6) is -6.09. The molecule has 9 heteroatoms. The fourth-order valence-electron chi connectivity index (χ4n) is 5.12. The average molecular weight is 470 g/mol. The lowest BCUT2D eigenvalue weighted by molar-refractivity contribution is -0.148. The predicted octanol–water partition coefficient (Wildman–Crippen LogP) is 3.48. The van der Waals surface area contributed by atoms with Gasteiger partial charge in [-0.05, 0) is 34.6 Å². The zero-order valence-corrected chi connectivity index (χ0v) is 18.2. The van der Waals surface area contributed by atoms with Crippen molar-refractivity contribution in [1.29, 1.82) is 0 Å². The van der Waals surface area contributed by atoms with Crippen LogP contribution < -0.4 is 5.32 Å². The van der Waals surface area contributed by atoms with Gasteiger partial charge in [0.2, 0.25) is 5.91 Å². The molecule has 5 rings (SSSR count). The van der Waals surface area contributed by atoms with Crippen molar-refractivity contribution in [3.8, 4) is 11.1 Å². The zero-order valence-electron chi connectivity index (χ0n) is 18.2. The lowest BCUT2D eigenvalue weighted by atomic mass is 9.98. The van der Waals surface area contributed by atoms with Crippen molar-refractivity contribution in [3.05, 3.63) is 59.7 Å². The van der Waals surface area contributed by atoms with Crippen molar-refractivity contribution in [2.24, 2.45) is 11.8 Å². The molecule has 7 nitrogen and oxygen atoms in total. The van der Waals surface area contributed by atoms with E-state index in [0.29, 0.717) is 6.42 Å². The number of alkyl halides is 2. The summed E-state index contributed by atoms with van der Waals surface area (Å²) in [6.45, 7) is -0.559. The summed E-state index contributed by atoms with van der Waals surface area (Å²) in [6.07, 6.45) is -1.07. The number of nitrogens with zero attached hydrogens (tertiary/aromatic N) is 1. The molecule has 3 atom stereocenters. The third kappa shape index (κ3) is 4.10. The first-order valence-corrected chi connectivity index (χ1v) is 11.2. The summed E-state index contributed by atoms with van der Waals surface area (Å²) >= 11 is 0. The molecule has 0 spiro atoms. The van der Waals surface area contributed by atoms with Gasteiger partial charge in [0.05, 0.1) is 6.54 Å². The largest absolute Gasteiger partial charge is 0.480 e. The fraction of sp³-hybridized carbons (Fsp3) is 0.400. The lowest BCUT2D eigenvalue weighted by Crippen LogP contribution is -2.42. The van der Waals surface area contributed by atoms with E-state index in [1.54, 1.807) is 0 Å². The molecule has 2 N–H and O–H groups in total. The van der Waals surface area contributed by atoms with Crippen molar-refractivity contribution in [3.63, 3.8) is 0 Å². The van der Waals surface area contributed by atoms with Gasteiger partial charge in [-0.1, -0.05) is 48.5 Å². The maximum Gasteiger partial charge on any atom is 0.407 e. The lowest BCUT2D eigenvalue weighted by Gasteiger charge is -2.21. The standard InChI is InChI=1S/C25H24F2N2O5/c26-25(27)10-21(23(31)32)29(13-25)22(30)19-9-14(19)11-28-24(33)34-12-20-17-7-3-1-5-15(17)16-6-2-4-8-18(16)20/h1-8,14,19-21H,9-13H2,(H,28,33)(H,31,32)/t14-,19-,21+/m0/s1. The first-order valence-electron chi connectivity index (χ1n) is 11.2. The van der Waals surface area contributed by atoms with Gasteiger partial charge in [0.25, 0.3) is 5.92 Å². The molecule has 1 aliphatic heterocycles. The van der Waals surface area contributed by atoms with Gasteiger partial charge < -0.3 is 20.1 Å². The van der Waals surface area contributed by atoms with Crippen molar-refractivity contribution in [2.45, 2.75) is 30.7 Å². The number of likely N-dealkylation sites (tertiary alicyclic amines) is 1. The Morgan fingerprint density at radius 2 is 1.68 bits per heavy atom. The number of fused-ring (bicyclic) bond motifs is 3. The van der Waals surface area contributed by atoms with Crippen molar-refractivity contribution >= 4 is 18.0 Å². The van der Waals surface area contributed by atoms with E-state index in [4.69, 9.17) is 4.74 Å². The minimum Gasteiger partial charge on any atom is -0.480 e. The Balaban J connectivity index is 1.13. The van der Waals surface area contributed by atoms with E-state index in [1.807, 2.05) is 48.5 Å². The van der Waals surface area contributed by atoms with Gasteiger partial charge >= 0.3 is 12.1 Å². The molecule has 2 aromatic rings. The summed E-state index contributed by atoms with van der Waals surface area (Å²) in [5, 5.41) is 11.8. The van der Waals surface area contributed by atoms with Gasteiger partial charge in [0, 0.05) is 24.8 Å². The first-order chi connectivity index (χ1) is 16.2. The van der Waals surface area contributed by atoms with Crippen LogP contribution in [-0.4, -0.2) is 59.6 Å². The first kappa shape index (κ1) is 22.3. The highest BCUT2D eigenvalue weighted by Crippen LogP contribution is 2.45. The highest BCUT2D eigenvalue weighted by molar-refractivity contribution is 5.88. The second kappa shape index (κ2) is 8.38. The number of rotatable bonds is 6. The predicted molar refractivity (Wildman–Crippen MR) is 117 cm³/mol. The summed E-state index contributed by atoms with van der Waals surface area (Å²) in [6, 6.07) is 14.5. The van der Waals surface area contributed by atoms with Crippen LogP contribution in [0.5, 0.6) is 0 Å². The molecule has 2 aliphatic carbocycles. The molecule has 0 unspecified atom stereocenters. The number of carbonyl (C=O) groups is 3. The average Bonchev–Trinajstić information content (AvgIpc) is 3.42. The van der Waals surface area contributed by atoms with Crippen LogP contribution in [0.2, 0.25) is 0 Å². The molecular weight excluding hydrogens is 446 g/mol. The third-order valence-electron chi connectivity index (χ3n) is 6.93. The number of carbonyl (C=O) groups excluding carboxylic acids is 2. The second-order valence-electron chi connectivity index (χ2n) is 9.19. The van der Waals surface area contributed by atoms with Crippen LogP contribution >= 0.6 is 0 Å². The van der Waals surface area contributed by atoms with E-state index in [0.717, 1.165) is 27.2 Å². The number of hydrogen-bond donors (Lipinski definition) is 2. The van der Waals surface area contributed by atoms with Gasteiger partial charge in [0.1, 0.15) is 12.6 Å². The summed E-state index contributed by atoms with van der Waals surface area (Å²) < 4.78 is 32.8. The molecule has 2 amide bonds. The summed E-state index contributed by atoms with van der Waals surface area (Å²) in [4.78, 5) is 36.9. The molecule has 2 aromatic carbocycles. The number of benzene rings is 2. The van der Waals surface area contributed by atoms with Gasteiger partial charge in [-0.3, -0.25) is 4.79 Å². The molecule has 2 fully saturated rings. The van der Waals surface area contributed by atoms with Crippen LogP contribution in [0.25, 0.3) is 11.1 Å². The Morgan fingerprint density at radius 3 is 2.29 bits per heavy atom. The Bertz CT molecular complexity index is 1110. The van der Waals surface area contributed by atoms with E-state index in [-0.39, 0.29) is 25.0 Å². The molecule has 178 valence electrons. The minimum absolute atomic E-state index is 0.0711. The van der Waals surface area contributed by atoms with E-state index in [1.165, 1.54) is 0 Å². The topological polar surface area (TPSA) is 95.9 Å². The van der Waals surface area contributed by atoms with E-state index >= 15 is 0 Å². The van der Waals surface area contributed by atoms with Crippen molar-refractivity contribution < 1.29 is 33.0 Å². The highest BCUT2D eigenvalue weighted by Gasteiger charge is 2.54. The van der Waals surface area contributed by atoms with Crippen LogP contribution in [0.15, 0.2) is 48.5 Å². The molecule has 1 heterocycles. The second-order valence-corrected chi connectivity index (χ2v) is 9.19. The third-order valence-corrected chi connectivity index (χ3v) is 6.93. The molecule has 1 saturated heterocycles. The molecule has 0 bridgehead atoms. The molecule has 34 heavy (non-hydrogen) atoms. The van der Waals surface area contributed by atoms with Crippen molar-refractivity contribution in [1.82, 2.24) is 10.2 Å². The molecular formula is C25H24F2N2O5. The number of hydrogen-bond acceptors (Lipinski definition) is 4. The molecule has 0 radical (unpaired) electrons. The number of amides is 2. The Hall–Kier alpha value is -3.49. The number of halogens is 2. The summed E-state index contributed by atoms with van der Waals surface area (Å²) in [5.41, 5.74) is 4.44. The summed E-state index contributed by atoms with van der Waals surface area (Å²) in [7, 11) is 0. The number of carboxylic acid groups (broad SMARTS) is 1. The van der Waals surface area contributed by atoms with E-state index in [9.17, 15) is 28.3 Å². The van der Waals surface area contributed by atoms with Gasteiger partial charge in [-0.25, -0.2) is 18.4 Å². The maximum absolute atomic E-state index is 13.7. The van der Waals surface area contributed by atoms with Crippen LogP contribution in [0.1, 0.15) is 29.9 Å². The fourth-order valence-corrected chi connectivity index (χ4v) is 5.12. The number of nitrogens with one attached hydrogen (secondary N) is 1. The van der Waals surface area contributed by atoms with E-state index < -0.39 is 48.8 Å². The highest BCUT2D eigenvalue weighted by atomic mass is 19.3. The van der Waals surface area contributed by atoms with Crippen LogP contribution in [0, 0.1) is 11.8 Å². The SMILES string of the molecule is O=C(NC[C@@H]1C[C@@H]1C(=O)N1CC(F)(F)C[C@@H]1C(=O)O)OCC1c2ccccc2-c2ccccc21. The quantitative estimate of drug-likeness (QED) is 0.674. The Morgan fingerprint density at radius 1 is 1.06 bits per heavy atom. The number of alkyl carbamates (subject to hydrolysis) is 1. The van der Waals surface area contributed by atoms with Gasteiger partial charge in [-0.15, -0.1) is 0 Å².